The molecule has 29 heavy (non-hydrogen) atoms. The molecule has 0 spiro atoms. The van der Waals surface area contributed by atoms with Crippen molar-refractivity contribution in [3.63, 3.8) is 0 Å². The highest BCUT2D eigenvalue weighted by Crippen LogP contribution is 2.26. The van der Waals surface area contributed by atoms with E-state index in [2.05, 4.69) is 20.8 Å². The van der Waals surface area contributed by atoms with Crippen molar-refractivity contribution in [2.24, 2.45) is 0 Å². The average Bonchev–Trinajstić information content (AvgIpc) is 2.70. The first kappa shape index (κ1) is 23.8. The molecular formula is C22H36N2O4S. The third-order valence-corrected chi connectivity index (χ3v) is 7.83. The van der Waals surface area contributed by atoms with E-state index in [4.69, 9.17) is 0 Å². The number of piperidine rings is 1. The van der Waals surface area contributed by atoms with Crippen LogP contribution in [0.2, 0.25) is 0 Å². The van der Waals surface area contributed by atoms with Gasteiger partial charge in [0, 0.05) is 32.6 Å². The molecular weight excluding hydrogens is 388 g/mol. The minimum Gasteiger partial charge on any atom is -0.388 e. The van der Waals surface area contributed by atoms with Gasteiger partial charge in [-0.05, 0) is 42.7 Å². The van der Waals surface area contributed by atoms with Crippen LogP contribution < -0.4 is 0 Å². The van der Waals surface area contributed by atoms with E-state index in [0.717, 1.165) is 5.56 Å². The number of aliphatic hydroxyl groups excluding tert-OH is 1. The summed E-state index contributed by atoms with van der Waals surface area (Å²) >= 11 is 0. The lowest BCUT2D eigenvalue weighted by Crippen LogP contribution is -2.47. The van der Waals surface area contributed by atoms with Crippen molar-refractivity contribution in [2.45, 2.75) is 70.9 Å². The minimum absolute atomic E-state index is 0.0230. The lowest BCUT2D eigenvalue weighted by Gasteiger charge is -2.36. The molecule has 1 aliphatic rings. The zero-order valence-corrected chi connectivity index (χ0v) is 19.2. The summed E-state index contributed by atoms with van der Waals surface area (Å²) in [5.74, 6) is 0.117. The van der Waals surface area contributed by atoms with Crippen LogP contribution in [-0.2, 0) is 20.2 Å². The van der Waals surface area contributed by atoms with Gasteiger partial charge in [-0.2, -0.15) is 0 Å². The van der Waals surface area contributed by atoms with Gasteiger partial charge in [0.15, 0.2) is 0 Å². The summed E-state index contributed by atoms with van der Waals surface area (Å²) < 4.78 is 25.5. The molecule has 1 heterocycles. The number of aliphatic hydroxyl groups is 1. The average molecular weight is 425 g/mol. The fraction of sp³-hybridized carbons (Fsp3) is 0.682. The lowest BCUT2D eigenvalue weighted by atomic mass is 9.86. The molecule has 0 radical (unpaired) electrons. The quantitative estimate of drug-likeness (QED) is 0.730. The fourth-order valence-corrected chi connectivity index (χ4v) is 4.77. The van der Waals surface area contributed by atoms with Gasteiger partial charge in [-0.25, -0.2) is 12.7 Å². The monoisotopic (exact) mass is 424 g/mol. The van der Waals surface area contributed by atoms with Crippen LogP contribution in [0.25, 0.3) is 0 Å². The third-order valence-electron chi connectivity index (χ3n) is 5.93. The number of rotatable bonds is 7. The van der Waals surface area contributed by atoms with Gasteiger partial charge in [-0.1, -0.05) is 45.0 Å². The molecule has 2 rings (SSSR count). The third kappa shape index (κ3) is 6.27. The van der Waals surface area contributed by atoms with Crippen LogP contribution in [0.1, 0.15) is 70.6 Å². The Morgan fingerprint density at radius 1 is 1.21 bits per heavy atom. The molecule has 0 bridgehead atoms. The number of likely N-dealkylation sites (tertiary alicyclic amines) is 1. The Labute approximate surface area is 176 Å². The van der Waals surface area contributed by atoms with Gasteiger partial charge in [0.1, 0.15) is 0 Å². The first-order chi connectivity index (χ1) is 13.5. The molecule has 1 N–H and O–H groups in total. The predicted molar refractivity (Wildman–Crippen MR) is 116 cm³/mol. The second kappa shape index (κ2) is 9.58. The fourth-order valence-electron chi connectivity index (χ4n) is 3.70. The summed E-state index contributed by atoms with van der Waals surface area (Å²) in [6.07, 6.45) is 1.32. The minimum atomic E-state index is -3.20. The molecule has 1 aromatic rings. The van der Waals surface area contributed by atoms with Gasteiger partial charge in [-0.3, -0.25) is 4.79 Å². The van der Waals surface area contributed by atoms with Crippen LogP contribution in [0.3, 0.4) is 0 Å². The molecule has 7 heteroatoms. The number of benzene rings is 1. The molecule has 1 atom stereocenters. The topological polar surface area (TPSA) is 77.9 Å². The highest BCUT2D eigenvalue weighted by Gasteiger charge is 2.30. The van der Waals surface area contributed by atoms with Crippen molar-refractivity contribution in [1.82, 2.24) is 9.21 Å². The van der Waals surface area contributed by atoms with Crippen LogP contribution in [0.15, 0.2) is 24.3 Å². The van der Waals surface area contributed by atoms with Crippen molar-refractivity contribution in [3.05, 3.63) is 35.4 Å². The van der Waals surface area contributed by atoms with E-state index in [1.807, 2.05) is 24.3 Å². The van der Waals surface area contributed by atoms with Crippen molar-refractivity contribution in [3.8, 4) is 0 Å². The summed E-state index contributed by atoms with van der Waals surface area (Å²) in [7, 11) is -1.58. The SMILES string of the molecule is CCS(=O)(=O)N(C)C1CCN(C(=O)CC[C@H](O)c2ccc(C(C)(C)C)cc2)CC1. The standard InChI is InChI=1S/C22H36N2O4S/c1-6-29(27,28)23(5)19-13-15-24(16-14-19)21(26)12-11-20(25)17-7-9-18(10-8-17)22(2,3)4/h7-10,19-20,25H,6,11-16H2,1-5H3/t20-/m0/s1. The number of nitrogens with zero attached hydrogens (tertiary/aromatic N) is 2. The van der Waals surface area contributed by atoms with Crippen LogP contribution in [0.5, 0.6) is 0 Å². The van der Waals surface area contributed by atoms with Gasteiger partial charge in [-0.15, -0.1) is 0 Å². The van der Waals surface area contributed by atoms with Crippen LogP contribution in [0, 0.1) is 0 Å². The summed E-state index contributed by atoms with van der Waals surface area (Å²) in [6.45, 7) is 9.21. The Kier molecular flexibility index (Phi) is 7.87. The van der Waals surface area contributed by atoms with E-state index in [9.17, 15) is 18.3 Å². The summed E-state index contributed by atoms with van der Waals surface area (Å²) in [6, 6.07) is 7.89. The molecule has 0 aromatic heterocycles. The Hall–Kier alpha value is -1.44. The Bertz CT molecular complexity index is 776. The predicted octanol–water partition coefficient (Wildman–Crippen LogP) is 3.07. The molecule has 0 saturated carbocycles. The van der Waals surface area contributed by atoms with Crippen LogP contribution in [-0.4, -0.2) is 60.6 Å². The van der Waals surface area contributed by atoms with Gasteiger partial charge >= 0.3 is 0 Å². The summed E-state index contributed by atoms with van der Waals surface area (Å²) in [5, 5.41) is 10.4. The summed E-state index contributed by atoms with van der Waals surface area (Å²) in [5.41, 5.74) is 2.11. The molecule has 0 aliphatic carbocycles. The number of carbonyl (C=O) groups excluding carboxylic acids is 1. The highest BCUT2D eigenvalue weighted by molar-refractivity contribution is 7.89. The van der Waals surface area contributed by atoms with Crippen LogP contribution >= 0.6 is 0 Å². The highest BCUT2D eigenvalue weighted by atomic mass is 32.2. The van der Waals surface area contributed by atoms with Gasteiger partial charge in [0.25, 0.3) is 0 Å². The molecule has 6 nitrogen and oxygen atoms in total. The molecule has 1 aliphatic heterocycles. The molecule has 1 amide bonds. The number of hydrogen-bond donors (Lipinski definition) is 1. The zero-order valence-electron chi connectivity index (χ0n) is 18.4. The molecule has 1 aromatic carbocycles. The Morgan fingerprint density at radius 3 is 2.24 bits per heavy atom. The maximum Gasteiger partial charge on any atom is 0.222 e. The number of amides is 1. The maximum absolute atomic E-state index is 12.5. The van der Waals surface area contributed by atoms with Crippen molar-refractivity contribution < 1.29 is 18.3 Å². The van der Waals surface area contributed by atoms with E-state index in [0.29, 0.717) is 32.4 Å². The van der Waals surface area contributed by atoms with Gasteiger partial charge in [0.05, 0.1) is 11.9 Å². The largest absolute Gasteiger partial charge is 0.388 e. The molecule has 164 valence electrons. The van der Waals surface area contributed by atoms with Gasteiger partial charge < -0.3 is 10.0 Å². The van der Waals surface area contributed by atoms with E-state index >= 15 is 0 Å². The first-order valence-electron chi connectivity index (χ1n) is 10.5. The van der Waals surface area contributed by atoms with Gasteiger partial charge in [0.2, 0.25) is 15.9 Å². The normalized spacial score (nSPS) is 17.6. The Morgan fingerprint density at radius 2 is 1.76 bits per heavy atom. The molecule has 1 fully saturated rings. The smallest absolute Gasteiger partial charge is 0.222 e. The zero-order chi connectivity index (χ0) is 21.8. The maximum atomic E-state index is 12.5. The van der Waals surface area contributed by atoms with E-state index in [-0.39, 0.29) is 29.5 Å². The van der Waals surface area contributed by atoms with Crippen molar-refractivity contribution in [1.29, 1.82) is 0 Å². The summed E-state index contributed by atoms with van der Waals surface area (Å²) in [4.78, 5) is 14.3. The van der Waals surface area contributed by atoms with E-state index < -0.39 is 16.1 Å². The van der Waals surface area contributed by atoms with Crippen LogP contribution in [0.4, 0.5) is 0 Å². The first-order valence-corrected chi connectivity index (χ1v) is 12.1. The van der Waals surface area contributed by atoms with Crippen molar-refractivity contribution in [2.75, 3.05) is 25.9 Å². The number of carbonyl (C=O) groups is 1. The molecule has 0 unspecified atom stereocenters. The number of sulfonamides is 1. The van der Waals surface area contributed by atoms with E-state index in [1.54, 1.807) is 18.9 Å². The lowest BCUT2D eigenvalue weighted by molar-refractivity contribution is -0.133. The second-order valence-electron chi connectivity index (χ2n) is 8.96. The molecule has 1 saturated heterocycles. The number of hydrogen-bond acceptors (Lipinski definition) is 4. The Balaban J connectivity index is 1.83. The van der Waals surface area contributed by atoms with Crippen molar-refractivity contribution >= 4 is 15.9 Å². The second-order valence-corrected chi connectivity index (χ2v) is 11.3. The van der Waals surface area contributed by atoms with E-state index in [1.165, 1.54) is 9.87 Å².